The van der Waals surface area contributed by atoms with Crippen LogP contribution in [-0.4, -0.2) is 14.7 Å². The standard InChI is InChI=1S/C15H18N2O2S/c1-10-7-8-12(9-11(10)2)17-13-5-4-6-14(15(13)16)20(3,18)19/h4-9,17H,16H2,1-3H3. The summed E-state index contributed by atoms with van der Waals surface area (Å²) < 4.78 is 23.3. The minimum atomic E-state index is -3.33. The Balaban J connectivity index is 2.42. The van der Waals surface area contributed by atoms with Crippen LogP contribution in [0.1, 0.15) is 11.1 Å². The average Bonchev–Trinajstić information content (AvgIpc) is 2.35. The molecule has 0 aliphatic carbocycles. The first-order valence-corrected chi connectivity index (χ1v) is 8.11. The molecule has 106 valence electrons. The van der Waals surface area contributed by atoms with Gasteiger partial charge in [0.2, 0.25) is 0 Å². The van der Waals surface area contributed by atoms with Gasteiger partial charge in [-0.25, -0.2) is 8.42 Å². The number of hydrogen-bond acceptors (Lipinski definition) is 4. The second-order valence-electron chi connectivity index (χ2n) is 4.91. The lowest BCUT2D eigenvalue weighted by Crippen LogP contribution is -2.05. The van der Waals surface area contributed by atoms with Gasteiger partial charge in [0.25, 0.3) is 0 Å². The van der Waals surface area contributed by atoms with Crippen LogP contribution in [0.25, 0.3) is 0 Å². The molecule has 0 aliphatic rings. The zero-order chi connectivity index (χ0) is 14.9. The SMILES string of the molecule is Cc1ccc(Nc2cccc(S(C)(=O)=O)c2N)cc1C. The fourth-order valence-electron chi connectivity index (χ4n) is 1.95. The molecule has 0 fully saturated rings. The van der Waals surface area contributed by atoms with Gasteiger partial charge >= 0.3 is 0 Å². The number of hydrogen-bond donors (Lipinski definition) is 2. The van der Waals surface area contributed by atoms with Crippen molar-refractivity contribution in [1.29, 1.82) is 0 Å². The van der Waals surface area contributed by atoms with E-state index in [0.717, 1.165) is 17.5 Å². The van der Waals surface area contributed by atoms with Gasteiger partial charge in [0.05, 0.1) is 16.3 Å². The van der Waals surface area contributed by atoms with E-state index in [9.17, 15) is 8.42 Å². The Hall–Kier alpha value is -2.01. The minimum absolute atomic E-state index is 0.145. The molecule has 0 heterocycles. The summed E-state index contributed by atoms with van der Waals surface area (Å²) in [7, 11) is -3.33. The van der Waals surface area contributed by atoms with E-state index >= 15 is 0 Å². The van der Waals surface area contributed by atoms with Crippen LogP contribution < -0.4 is 11.1 Å². The molecule has 0 atom stereocenters. The Labute approximate surface area is 119 Å². The Bertz CT molecular complexity index is 752. The Morgan fingerprint density at radius 1 is 1.05 bits per heavy atom. The number of sulfone groups is 1. The molecule has 2 aromatic rings. The molecule has 2 aromatic carbocycles. The predicted octanol–water partition coefficient (Wildman–Crippen LogP) is 3.03. The van der Waals surface area contributed by atoms with Gasteiger partial charge in [-0.3, -0.25) is 0 Å². The highest BCUT2D eigenvalue weighted by atomic mass is 32.2. The highest BCUT2D eigenvalue weighted by molar-refractivity contribution is 7.90. The molecular weight excluding hydrogens is 272 g/mol. The van der Waals surface area contributed by atoms with E-state index in [-0.39, 0.29) is 10.6 Å². The molecule has 0 saturated heterocycles. The molecule has 0 spiro atoms. The van der Waals surface area contributed by atoms with E-state index in [0.29, 0.717) is 5.69 Å². The van der Waals surface area contributed by atoms with Gasteiger partial charge in [-0.1, -0.05) is 12.1 Å². The number of rotatable bonds is 3. The summed E-state index contributed by atoms with van der Waals surface area (Å²) in [6, 6.07) is 10.9. The number of para-hydroxylation sites is 1. The van der Waals surface area contributed by atoms with Crippen LogP contribution in [0.5, 0.6) is 0 Å². The first-order valence-electron chi connectivity index (χ1n) is 6.22. The normalized spacial score (nSPS) is 11.3. The first-order chi connectivity index (χ1) is 9.29. The molecule has 20 heavy (non-hydrogen) atoms. The van der Waals surface area contributed by atoms with Crippen LogP contribution in [0, 0.1) is 13.8 Å². The van der Waals surface area contributed by atoms with E-state index in [1.807, 2.05) is 32.0 Å². The number of aryl methyl sites for hydroxylation is 2. The van der Waals surface area contributed by atoms with Crippen molar-refractivity contribution in [3.8, 4) is 0 Å². The molecule has 0 amide bonds. The topological polar surface area (TPSA) is 72.2 Å². The summed E-state index contributed by atoms with van der Waals surface area (Å²) in [5.74, 6) is 0. The molecule has 4 nitrogen and oxygen atoms in total. The first kappa shape index (κ1) is 14.4. The van der Waals surface area contributed by atoms with Crippen LogP contribution in [0.4, 0.5) is 17.1 Å². The summed E-state index contributed by atoms with van der Waals surface area (Å²) in [6.07, 6.45) is 1.15. The van der Waals surface area contributed by atoms with Crippen LogP contribution in [0.15, 0.2) is 41.3 Å². The Morgan fingerprint density at radius 3 is 2.35 bits per heavy atom. The zero-order valence-electron chi connectivity index (χ0n) is 11.8. The van der Waals surface area contributed by atoms with Gasteiger partial charge in [0.1, 0.15) is 0 Å². The highest BCUT2D eigenvalue weighted by Crippen LogP contribution is 2.29. The van der Waals surface area contributed by atoms with E-state index < -0.39 is 9.84 Å². The number of benzene rings is 2. The summed E-state index contributed by atoms with van der Waals surface area (Å²) in [6.45, 7) is 4.06. The van der Waals surface area contributed by atoms with Crippen molar-refractivity contribution in [2.75, 3.05) is 17.3 Å². The Kier molecular flexibility index (Phi) is 3.72. The number of nitrogens with two attached hydrogens (primary N) is 1. The van der Waals surface area contributed by atoms with Crippen molar-refractivity contribution in [2.24, 2.45) is 0 Å². The van der Waals surface area contributed by atoms with Gasteiger partial charge in [0, 0.05) is 11.9 Å². The van der Waals surface area contributed by atoms with Gasteiger partial charge < -0.3 is 11.1 Å². The lowest BCUT2D eigenvalue weighted by Gasteiger charge is -2.13. The van der Waals surface area contributed by atoms with E-state index in [1.165, 1.54) is 11.6 Å². The molecule has 2 rings (SSSR count). The third-order valence-electron chi connectivity index (χ3n) is 3.25. The van der Waals surface area contributed by atoms with Crippen molar-refractivity contribution < 1.29 is 8.42 Å². The van der Waals surface area contributed by atoms with Crippen LogP contribution in [-0.2, 0) is 9.84 Å². The largest absolute Gasteiger partial charge is 0.396 e. The molecule has 0 saturated carbocycles. The summed E-state index contributed by atoms with van der Waals surface area (Å²) in [5, 5.41) is 3.16. The second kappa shape index (κ2) is 5.17. The highest BCUT2D eigenvalue weighted by Gasteiger charge is 2.14. The van der Waals surface area contributed by atoms with Crippen molar-refractivity contribution >= 4 is 26.9 Å². The molecular formula is C15H18N2O2S. The lowest BCUT2D eigenvalue weighted by molar-refractivity contribution is 0.602. The van der Waals surface area contributed by atoms with E-state index in [1.54, 1.807) is 12.1 Å². The second-order valence-corrected chi connectivity index (χ2v) is 6.90. The molecule has 0 aromatic heterocycles. The van der Waals surface area contributed by atoms with Crippen molar-refractivity contribution in [3.63, 3.8) is 0 Å². The molecule has 0 unspecified atom stereocenters. The Morgan fingerprint density at radius 2 is 1.75 bits per heavy atom. The predicted molar refractivity (Wildman–Crippen MR) is 83.2 cm³/mol. The monoisotopic (exact) mass is 290 g/mol. The van der Waals surface area contributed by atoms with Crippen LogP contribution >= 0.6 is 0 Å². The van der Waals surface area contributed by atoms with E-state index in [4.69, 9.17) is 5.73 Å². The van der Waals surface area contributed by atoms with Gasteiger partial charge in [-0.05, 0) is 49.2 Å². The summed E-state index contributed by atoms with van der Waals surface area (Å²) in [4.78, 5) is 0.145. The smallest absolute Gasteiger partial charge is 0.177 e. The van der Waals surface area contributed by atoms with Crippen molar-refractivity contribution in [1.82, 2.24) is 0 Å². The zero-order valence-corrected chi connectivity index (χ0v) is 12.6. The van der Waals surface area contributed by atoms with Gasteiger partial charge in [-0.15, -0.1) is 0 Å². The summed E-state index contributed by atoms with van der Waals surface area (Å²) >= 11 is 0. The van der Waals surface area contributed by atoms with Gasteiger partial charge in [-0.2, -0.15) is 0 Å². The number of nitrogens with one attached hydrogen (secondary N) is 1. The lowest BCUT2D eigenvalue weighted by atomic mass is 10.1. The van der Waals surface area contributed by atoms with Crippen molar-refractivity contribution in [2.45, 2.75) is 18.7 Å². The average molecular weight is 290 g/mol. The fraction of sp³-hybridized carbons (Fsp3) is 0.200. The third kappa shape index (κ3) is 2.93. The van der Waals surface area contributed by atoms with Crippen LogP contribution in [0.3, 0.4) is 0 Å². The summed E-state index contributed by atoms with van der Waals surface area (Å²) in [5.41, 5.74) is 10.0. The van der Waals surface area contributed by atoms with E-state index in [2.05, 4.69) is 5.32 Å². The molecule has 0 aliphatic heterocycles. The third-order valence-corrected chi connectivity index (χ3v) is 4.41. The quantitative estimate of drug-likeness (QED) is 0.852. The molecule has 5 heteroatoms. The fourth-order valence-corrected chi connectivity index (χ4v) is 2.79. The maximum absolute atomic E-state index is 11.6. The minimum Gasteiger partial charge on any atom is -0.396 e. The molecule has 0 radical (unpaired) electrons. The van der Waals surface area contributed by atoms with Gasteiger partial charge in [0.15, 0.2) is 9.84 Å². The molecule has 3 N–H and O–H groups in total. The van der Waals surface area contributed by atoms with Crippen molar-refractivity contribution in [3.05, 3.63) is 47.5 Å². The molecule has 0 bridgehead atoms. The maximum Gasteiger partial charge on any atom is 0.177 e. The maximum atomic E-state index is 11.6. The van der Waals surface area contributed by atoms with Crippen LogP contribution in [0.2, 0.25) is 0 Å². The number of anilines is 3. The number of nitrogen functional groups attached to an aromatic ring is 1.